The summed E-state index contributed by atoms with van der Waals surface area (Å²) in [6, 6.07) is 1.31. The summed E-state index contributed by atoms with van der Waals surface area (Å²) in [5, 5.41) is 12.4. The molecule has 9 nitrogen and oxygen atoms in total. The third-order valence-corrected chi connectivity index (χ3v) is 2.54. The second kappa shape index (κ2) is 5.95. The van der Waals surface area contributed by atoms with Gasteiger partial charge in [-0.3, -0.25) is 4.79 Å². The van der Waals surface area contributed by atoms with Crippen LogP contribution in [0.25, 0.3) is 5.95 Å². The molecular weight excluding hydrogens is 260 g/mol. The molecule has 0 radical (unpaired) electrons. The van der Waals surface area contributed by atoms with E-state index in [-0.39, 0.29) is 5.91 Å². The van der Waals surface area contributed by atoms with Gasteiger partial charge in [-0.05, 0) is 13.0 Å². The molecule has 20 heavy (non-hydrogen) atoms. The highest BCUT2D eigenvalue weighted by atomic mass is 16.2. The minimum atomic E-state index is -0.461. The Hall–Kier alpha value is -2.71. The molecule has 0 aromatic carbocycles. The number of nitrogens with one attached hydrogen (secondary N) is 3. The van der Waals surface area contributed by atoms with Gasteiger partial charge in [0.05, 0.1) is 0 Å². The van der Waals surface area contributed by atoms with Crippen molar-refractivity contribution in [1.82, 2.24) is 30.0 Å². The van der Waals surface area contributed by atoms with Crippen molar-refractivity contribution < 1.29 is 4.79 Å². The molecule has 0 saturated carbocycles. The minimum absolute atomic E-state index is 0.156. The molecule has 2 heterocycles. The van der Waals surface area contributed by atoms with Gasteiger partial charge in [-0.25, -0.2) is 4.68 Å². The van der Waals surface area contributed by atoms with Gasteiger partial charge in [-0.2, -0.15) is 20.1 Å². The summed E-state index contributed by atoms with van der Waals surface area (Å²) in [7, 11) is 3.27. The van der Waals surface area contributed by atoms with Crippen molar-refractivity contribution in [2.45, 2.75) is 13.0 Å². The molecule has 0 bridgehead atoms. The zero-order valence-electron chi connectivity index (χ0n) is 11.5. The van der Waals surface area contributed by atoms with Gasteiger partial charge in [-0.15, -0.1) is 0 Å². The number of carbonyl (C=O) groups excluding carboxylic acids is 1. The summed E-state index contributed by atoms with van der Waals surface area (Å²) >= 11 is 0. The quantitative estimate of drug-likeness (QED) is 0.684. The molecule has 1 amide bonds. The predicted octanol–water partition coefficient (Wildman–Crippen LogP) is -0.355. The van der Waals surface area contributed by atoms with E-state index in [0.29, 0.717) is 17.8 Å². The standard InChI is InChI=1S/C11H16N8O/c1-7(8(20)12-2)15-10-16-9(13-3)17-11(18-10)19-6-4-5-14-19/h4-7H,1-3H3,(H,12,20)(H2,13,15,16,17,18). The third-order valence-electron chi connectivity index (χ3n) is 2.54. The number of amides is 1. The molecule has 2 aromatic heterocycles. The molecule has 0 aliphatic heterocycles. The van der Waals surface area contributed by atoms with E-state index in [1.165, 1.54) is 4.68 Å². The van der Waals surface area contributed by atoms with E-state index in [9.17, 15) is 4.79 Å². The van der Waals surface area contributed by atoms with Crippen LogP contribution in [0.3, 0.4) is 0 Å². The highest BCUT2D eigenvalue weighted by Crippen LogP contribution is 2.09. The van der Waals surface area contributed by atoms with Gasteiger partial charge in [-0.1, -0.05) is 0 Å². The van der Waals surface area contributed by atoms with Crippen LogP contribution in [0.5, 0.6) is 0 Å². The molecule has 0 spiro atoms. The molecule has 0 aliphatic carbocycles. The summed E-state index contributed by atoms with van der Waals surface area (Å²) in [4.78, 5) is 24.1. The number of anilines is 2. The molecule has 9 heteroatoms. The number of hydrogen-bond acceptors (Lipinski definition) is 7. The van der Waals surface area contributed by atoms with Gasteiger partial charge in [0.15, 0.2) is 0 Å². The molecular formula is C11H16N8O. The highest BCUT2D eigenvalue weighted by Gasteiger charge is 2.14. The van der Waals surface area contributed by atoms with Crippen LogP contribution >= 0.6 is 0 Å². The first-order chi connectivity index (χ1) is 9.63. The predicted molar refractivity (Wildman–Crippen MR) is 73.6 cm³/mol. The maximum Gasteiger partial charge on any atom is 0.257 e. The van der Waals surface area contributed by atoms with Crippen LogP contribution in [-0.4, -0.2) is 50.8 Å². The number of rotatable bonds is 5. The van der Waals surface area contributed by atoms with Crippen LogP contribution < -0.4 is 16.0 Å². The molecule has 106 valence electrons. The maximum absolute atomic E-state index is 11.5. The summed E-state index contributed by atoms with van der Waals surface area (Å²) in [5.74, 6) is 0.890. The Morgan fingerprint density at radius 3 is 2.60 bits per heavy atom. The fourth-order valence-electron chi connectivity index (χ4n) is 1.51. The normalized spacial score (nSPS) is 11.8. The van der Waals surface area contributed by atoms with Crippen LogP contribution in [0, 0.1) is 0 Å². The van der Waals surface area contributed by atoms with E-state index in [1.807, 2.05) is 0 Å². The van der Waals surface area contributed by atoms with Gasteiger partial charge in [0.1, 0.15) is 6.04 Å². The van der Waals surface area contributed by atoms with Crippen LogP contribution in [-0.2, 0) is 4.79 Å². The van der Waals surface area contributed by atoms with E-state index < -0.39 is 6.04 Å². The van der Waals surface area contributed by atoms with Gasteiger partial charge >= 0.3 is 0 Å². The van der Waals surface area contributed by atoms with Crippen molar-refractivity contribution >= 4 is 17.8 Å². The number of aromatic nitrogens is 5. The van der Waals surface area contributed by atoms with Crippen molar-refractivity contribution in [3.8, 4) is 5.95 Å². The topological polar surface area (TPSA) is 110 Å². The Kier molecular flexibility index (Phi) is 4.08. The van der Waals surface area contributed by atoms with Crippen molar-refractivity contribution in [2.75, 3.05) is 24.7 Å². The second-order valence-corrected chi connectivity index (χ2v) is 3.96. The summed E-state index contributed by atoms with van der Waals surface area (Å²) < 4.78 is 1.51. The summed E-state index contributed by atoms with van der Waals surface area (Å²) in [6.45, 7) is 1.72. The lowest BCUT2D eigenvalue weighted by molar-refractivity contribution is -0.121. The molecule has 0 aliphatic rings. The summed E-state index contributed by atoms with van der Waals surface area (Å²) in [5.41, 5.74) is 0. The van der Waals surface area contributed by atoms with Gasteiger partial charge in [0.2, 0.25) is 17.8 Å². The summed E-state index contributed by atoms with van der Waals surface area (Å²) in [6.07, 6.45) is 3.35. The highest BCUT2D eigenvalue weighted by molar-refractivity contribution is 5.83. The fourth-order valence-corrected chi connectivity index (χ4v) is 1.51. The Morgan fingerprint density at radius 1 is 1.25 bits per heavy atom. The lowest BCUT2D eigenvalue weighted by atomic mass is 10.3. The van der Waals surface area contributed by atoms with Crippen LogP contribution in [0.4, 0.5) is 11.9 Å². The fraction of sp³-hybridized carbons (Fsp3) is 0.364. The zero-order chi connectivity index (χ0) is 14.5. The van der Waals surface area contributed by atoms with Crippen molar-refractivity contribution in [1.29, 1.82) is 0 Å². The lowest BCUT2D eigenvalue weighted by Gasteiger charge is -2.13. The van der Waals surface area contributed by atoms with E-state index in [2.05, 4.69) is 36.0 Å². The van der Waals surface area contributed by atoms with Gasteiger partial charge in [0, 0.05) is 26.5 Å². The van der Waals surface area contributed by atoms with Crippen LogP contribution in [0.2, 0.25) is 0 Å². The molecule has 1 unspecified atom stereocenters. The lowest BCUT2D eigenvalue weighted by Crippen LogP contribution is -2.35. The van der Waals surface area contributed by atoms with E-state index in [1.54, 1.807) is 39.5 Å². The monoisotopic (exact) mass is 276 g/mol. The largest absolute Gasteiger partial charge is 0.357 e. The number of hydrogen-bond donors (Lipinski definition) is 3. The van der Waals surface area contributed by atoms with E-state index in [4.69, 9.17) is 0 Å². The molecule has 2 aromatic rings. The van der Waals surface area contributed by atoms with Crippen LogP contribution in [0.1, 0.15) is 6.92 Å². The molecule has 0 fully saturated rings. The zero-order valence-corrected chi connectivity index (χ0v) is 11.5. The van der Waals surface area contributed by atoms with Crippen molar-refractivity contribution in [3.63, 3.8) is 0 Å². The van der Waals surface area contributed by atoms with Crippen molar-refractivity contribution in [3.05, 3.63) is 18.5 Å². The Bertz CT molecular complexity index is 582. The molecule has 0 saturated heterocycles. The smallest absolute Gasteiger partial charge is 0.257 e. The first-order valence-corrected chi connectivity index (χ1v) is 6.06. The average Bonchev–Trinajstić information content (AvgIpc) is 3.00. The molecule has 3 N–H and O–H groups in total. The van der Waals surface area contributed by atoms with Crippen molar-refractivity contribution in [2.24, 2.45) is 0 Å². The Labute approximate surface area is 115 Å². The van der Waals surface area contributed by atoms with Gasteiger partial charge in [0.25, 0.3) is 5.95 Å². The first kappa shape index (κ1) is 13.7. The van der Waals surface area contributed by atoms with E-state index in [0.717, 1.165) is 0 Å². The number of nitrogens with zero attached hydrogens (tertiary/aromatic N) is 5. The van der Waals surface area contributed by atoms with Crippen LogP contribution in [0.15, 0.2) is 18.5 Å². The number of likely N-dealkylation sites (N-methyl/N-ethyl adjacent to an activating group) is 1. The Balaban J connectivity index is 2.29. The SMILES string of the molecule is CNC(=O)C(C)Nc1nc(NC)nc(-n2cccn2)n1. The minimum Gasteiger partial charge on any atom is -0.357 e. The van der Waals surface area contributed by atoms with E-state index >= 15 is 0 Å². The maximum atomic E-state index is 11.5. The number of carbonyl (C=O) groups is 1. The second-order valence-electron chi connectivity index (χ2n) is 3.96. The average molecular weight is 276 g/mol. The Morgan fingerprint density at radius 2 is 2.00 bits per heavy atom. The third kappa shape index (κ3) is 2.99. The molecule has 1 atom stereocenters. The molecule has 2 rings (SSSR count). The first-order valence-electron chi connectivity index (χ1n) is 6.06. The van der Waals surface area contributed by atoms with Gasteiger partial charge < -0.3 is 16.0 Å².